The summed E-state index contributed by atoms with van der Waals surface area (Å²) in [5.74, 6) is 1.29. The number of ether oxygens (including phenoxy) is 2. The van der Waals surface area contributed by atoms with Crippen LogP contribution in [0.15, 0.2) is 65.1 Å². The zero-order valence-electron chi connectivity index (χ0n) is 15.4. The van der Waals surface area contributed by atoms with E-state index in [0.717, 1.165) is 33.0 Å². The van der Waals surface area contributed by atoms with Crippen molar-refractivity contribution in [3.8, 4) is 11.5 Å². The normalized spacial score (nSPS) is 11.8. The van der Waals surface area contributed by atoms with Crippen molar-refractivity contribution in [2.45, 2.75) is 19.4 Å². The fraction of sp³-hybridized carbons (Fsp3) is 0.227. The summed E-state index contributed by atoms with van der Waals surface area (Å²) >= 11 is 3.58. The van der Waals surface area contributed by atoms with E-state index >= 15 is 0 Å². The first-order valence-corrected chi connectivity index (χ1v) is 9.65. The number of benzene rings is 3. The Labute approximate surface area is 167 Å². The molecule has 0 bridgehead atoms. The SMILES string of the molecule is CCC(NC(=O)COc1ccc2ccccc2c1Br)c1ccc(OC)cc1. The second kappa shape index (κ2) is 8.91. The summed E-state index contributed by atoms with van der Waals surface area (Å²) in [4.78, 5) is 12.4. The fourth-order valence-electron chi connectivity index (χ4n) is 2.96. The molecule has 3 aromatic rings. The molecule has 4 nitrogen and oxygen atoms in total. The van der Waals surface area contributed by atoms with Crippen molar-refractivity contribution in [3.63, 3.8) is 0 Å². The Hall–Kier alpha value is -2.53. The molecule has 3 aromatic carbocycles. The van der Waals surface area contributed by atoms with Gasteiger partial charge in [0.15, 0.2) is 6.61 Å². The lowest BCUT2D eigenvalue weighted by Crippen LogP contribution is -2.32. The third-order valence-electron chi connectivity index (χ3n) is 4.45. The molecule has 27 heavy (non-hydrogen) atoms. The van der Waals surface area contributed by atoms with Gasteiger partial charge in [-0.15, -0.1) is 0 Å². The molecule has 0 saturated heterocycles. The van der Waals surface area contributed by atoms with Crippen LogP contribution in [0.1, 0.15) is 24.9 Å². The highest BCUT2D eigenvalue weighted by molar-refractivity contribution is 9.10. The number of rotatable bonds is 7. The van der Waals surface area contributed by atoms with Crippen LogP contribution < -0.4 is 14.8 Å². The van der Waals surface area contributed by atoms with Gasteiger partial charge in [-0.2, -0.15) is 0 Å². The summed E-state index contributed by atoms with van der Waals surface area (Å²) in [7, 11) is 1.64. The van der Waals surface area contributed by atoms with Crippen LogP contribution in [-0.4, -0.2) is 19.6 Å². The van der Waals surface area contributed by atoms with Crippen molar-refractivity contribution < 1.29 is 14.3 Å². The lowest BCUT2D eigenvalue weighted by atomic mass is 10.0. The minimum Gasteiger partial charge on any atom is -0.497 e. The molecule has 0 fully saturated rings. The van der Waals surface area contributed by atoms with Crippen LogP contribution in [0.3, 0.4) is 0 Å². The predicted octanol–water partition coefficient (Wildman–Crippen LogP) is 5.26. The van der Waals surface area contributed by atoms with Gasteiger partial charge in [0.25, 0.3) is 5.91 Å². The molecule has 0 heterocycles. The van der Waals surface area contributed by atoms with Gasteiger partial charge in [-0.25, -0.2) is 0 Å². The van der Waals surface area contributed by atoms with Crippen molar-refractivity contribution in [2.24, 2.45) is 0 Å². The number of carbonyl (C=O) groups excluding carboxylic acids is 1. The van der Waals surface area contributed by atoms with Crippen LogP contribution in [0.5, 0.6) is 11.5 Å². The number of hydrogen-bond acceptors (Lipinski definition) is 3. The zero-order valence-corrected chi connectivity index (χ0v) is 17.0. The molecule has 0 saturated carbocycles. The van der Waals surface area contributed by atoms with E-state index in [9.17, 15) is 4.79 Å². The molecule has 5 heteroatoms. The summed E-state index contributed by atoms with van der Waals surface area (Å²) in [6.45, 7) is 2.00. The van der Waals surface area contributed by atoms with Gasteiger partial charge in [0.1, 0.15) is 11.5 Å². The summed E-state index contributed by atoms with van der Waals surface area (Å²) in [6.07, 6.45) is 0.789. The van der Waals surface area contributed by atoms with Gasteiger partial charge >= 0.3 is 0 Å². The molecular weight excluding hydrogens is 406 g/mol. The molecular formula is C22H22BrNO3. The molecule has 0 aromatic heterocycles. The zero-order chi connectivity index (χ0) is 19.2. The second-order valence-electron chi connectivity index (χ2n) is 6.19. The second-order valence-corrected chi connectivity index (χ2v) is 6.98. The molecule has 0 aliphatic heterocycles. The van der Waals surface area contributed by atoms with Gasteiger partial charge in [0, 0.05) is 0 Å². The predicted molar refractivity (Wildman–Crippen MR) is 111 cm³/mol. The smallest absolute Gasteiger partial charge is 0.258 e. The van der Waals surface area contributed by atoms with Gasteiger partial charge in [-0.05, 0) is 56.9 Å². The van der Waals surface area contributed by atoms with Gasteiger partial charge in [-0.3, -0.25) is 4.79 Å². The fourth-order valence-corrected chi connectivity index (χ4v) is 3.57. The lowest BCUT2D eigenvalue weighted by molar-refractivity contribution is -0.123. The number of fused-ring (bicyclic) bond motifs is 1. The summed E-state index contributed by atoms with van der Waals surface area (Å²) < 4.78 is 11.8. The number of amides is 1. The number of carbonyl (C=O) groups is 1. The summed E-state index contributed by atoms with van der Waals surface area (Å²) in [5.41, 5.74) is 1.04. The van der Waals surface area contributed by atoms with Gasteiger partial charge < -0.3 is 14.8 Å². The van der Waals surface area contributed by atoms with E-state index in [1.807, 2.05) is 67.6 Å². The van der Waals surface area contributed by atoms with E-state index < -0.39 is 0 Å². The molecule has 1 unspecified atom stereocenters. The van der Waals surface area contributed by atoms with Crippen LogP contribution in [0.4, 0.5) is 0 Å². The highest BCUT2D eigenvalue weighted by atomic mass is 79.9. The minimum absolute atomic E-state index is 0.0381. The van der Waals surface area contributed by atoms with Crippen LogP contribution in [-0.2, 0) is 4.79 Å². The van der Waals surface area contributed by atoms with E-state index in [-0.39, 0.29) is 18.6 Å². The Morgan fingerprint density at radius 3 is 2.52 bits per heavy atom. The lowest BCUT2D eigenvalue weighted by Gasteiger charge is -2.18. The van der Waals surface area contributed by atoms with Gasteiger partial charge in [0.05, 0.1) is 17.6 Å². The van der Waals surface area contributed by atoms with Crippen molar-refractivity contribution in [1.82, 2.24) is 5.32 Å². The van der Waals surface area contributed by atoms with Crippen LogP contribution >= 0.6 is 15.9 Å². The van der Waals surface area contributed by atoms with E-state index in [1.54, 1.807) is 7.11 Å². The number of halogens is 1. The maximum Gasteiger partial charge on any atom is 0.258 e. The summed E-state index contributed by atoms with van der Waals surface area (Å²) in [6, 6.07) is 19.5. The Morgan fingerprint density at radius 2 is 1.81 bits per heavy atom. The molecule has 1 atom stereocenters. The van der Waals surface area contributed by atoms with E-state index in [0.29, 0.717) is 5.75 Å². The molecule has 3 rings (SSSR count). The van der Waals surface area contributed by atoms with E-state index in [1.165, 1.54) is 0 Å². The Balaban J connectivity index is 1.64. The first-order valence-electron chi connectivity index (χ1n) is 8.85. The molecule has 140 valence electrons. The van der Waals surface area contributed by atoms with Gasteiger partial charge in [-0.1, -0.05) is 49.4 Å². The van der Waals surface area contributed by atoms with Crippen LogP contribution in [0.2, 0.25) is 0 Å². The third-order valence-corrected chi connectivity index (χ3v) is 5.27. The largest absolute Gasteiger partial charge is 0.497 e. The molecule has 0 spiro atoms. The van der Waals surface area contributed by atoms with Crippen LogP contribution in [0, 0.1) is 0 Å². The first kappa shape index (κ1) is 19.2. The minimum atomic E-state index is -0.155. The topological polar surface area (TPSA) is 47.6 Å². The third kappa shape index (κ3) is 4.61. The molecule has 1 amide bonds. The van der Waals surface area contributed by atoms with E-state index in [4.69, 9.17) is 9.47 Å². The Morgan fingerprint density at radius 1 is 1.07 bits per heavy atom. The average Bonchev–Trinajstić information content (AvgIpc) is 2.72. The molecule has 0 radical (unpaired) electrons. The van der Waals surface area contributed by atoms with Crippen molar-refractivity contribution in [3.05, 3.63) is 70.7 Å². The maximum atomic E-state index is 12.4. The quantitative estimate of drug-likeness (QED) is 0.559. The Bertz CT molecular complexity index is 924. The van der Waals surface area contributed by atoms with Crippen molar-refractivity contribution in [2.75, 3.05) is 13.7 Å². The average molecular weight is 428 g/mol. The van der Waals surface area contributed by atoms with E-state index in [2.05, 4.69) is 21.2 Å². The monoisotopic (exact) mass is 427 g/mol. The highest BCUT2D eigenvalue weighted by Gasteiger charge is 2.14. The standard InChI is InChI=1S/C22H22BrNO3/c1-3-19(16-8-11-17(26-2)12-9-16)24-21(25)14-27-20-13-10-15-6-4-5-7-18(15)22(20)23/h4-13,19H,3,14H2,1-2H3,(H,24,25). The van der Waals surface area contributed by atoms with Crippen molar-refractivity contribution in [1.29, 1.82) is 0 Å². The Kier molecular flexibility index (Phi) is 6.35. The van der Waals surface area contributed by atoms with Gasteiger partial charge in [0.2, 0.25) is 0 Å². The number of methoxy groups -OCH3 is 1. The first-order chi connectivity index (χ1) is 13.1. The molecule has 0 aliphatic carbocycles. The highest BCUT2D eigenvalue weighted by Crippen LogP contribution is 2.33. The number of nitrogens with one attached hydrogen (secondary N) is 1. The maximum absolute atomic E-state index is 12.4. The summed E-state index contributed by atoms with van der Waals surface area (Å²) in [5, 5.41) is 5.20. The molecule has 0 aliphatic rings. The number of hydrogen-bond donors (Lipinski definition) is 1. The molecule has 1 N–H and O–H groups in total. The van der Waals surface area contributed by atoms with Crippen LogP contribution in [0.25, 0.3) is 10.8 Å². The van der Waals surface area contributed by atoms with Crippen molar-refractivity contribution >= 4 is 32.6 Å².